The van der Waals surface area contributed by atoms with Crippen LogP contribution in [-0.4, -0.2) is 176 Å². The van der Waals surface area contributed by atoms with E-state index in [1.54, 1.807) is 41.3 Å². The smallest absolute Gasteiger partial charge is 0.270 e. The quantitative estimate of drug-likeness (QED) is 0.0427. The molecule has 2 atom stereocenters. The molecule has 3 fully saturated rings. The van der Waals surface area contributed by atoms with Gasteiger partial charge in [-0.1, -0.05) is 6.07 Å². The van der Waals surface area contributed by atoms with Gasteiger partial charge in [-0.15, -0.1) is 0 Å². The molecule has 20 nitrogen and oxygen atoms in total. The van der Waals surface area contributed by atoms with Crippen LogP contribution in [0.3, 0.4) is 0 Å². The largest absolute Gasteiger partial charge is 0.382 e. The first kappa shape index (κ1) is 49.7. The van der Waals surface area contributed by atoms with Crippen molar-refractivity contribution in [3.8, 4) is 0 Å². The van der Waals surface area contributed by atoms with Gasteiger partial charge in [-0.25, -0.2) is 8.78 Å². The lowest BCUT2D eigenvalue weighted by Crippen LogP contribution is -2.54. The SMILES string of the molecule is O=C1CCC(N2C(=O)c3cccc(NCCOCCOCCOCCOCCN4CCN(C(=O)c5cc6cc(N7CC[C@](O)(C(=O)NCc8cc(F)cc(F)c8)C7=O)ccc6[nH]5)CC4)c3C2=O)C(=O)N1. The number of benzene rings is 3. The van der Waals surface area contributed by atoms with Crippen LogP contribution in [-0.2, 0) is 44.7 Å². The number of aromatic nitrogens is 1. The Morgan fingerprint density at radius 2 is 1.47 bits per heavy atom. The van der Waals surface area contributed by atoms with Crippen molar-refractivity contribution < 1.29 is 66.4 Å². The molecule has 1 aromatic heterocycles. The summed E-state index contributed by atoms with van der Waals surface area (Å²) in [6, 6.07) is 13.4. The van der Waals surface area contributed by atoms with Crippen LogP contribution in [0.4, 0.5) is 20.2 Å². The first-order valence-electron chi connectivity index (χ1n) is 23.1. The van der Waals surface area contributed by atoms with Crippen molar-refractivity contribution >= 4 is 63.6 Å². The summed E-state index contributed by atoms with van der Waals surface area (Å²) in [5, 5.41) is 19.5. The third-order valence-corrected chi connectivity index (χ3v) is 12.6. The van der Waals surface area contributed by atoms with Crippen molar-refractivity contribution in [2.75, 3.05) is 109 Å². The van der Waals surface area contributed by atoms with Crippen LogP contribution < -0.4 is 20.9 Å². The minimum Gasteiger partial charge on any atom is -0.382 e. The van der Waals surface area contributed by atoms with Crippen molar-refractivity contribution in [3.05, 3.63) is 94.7 Å². The number of rotatable bonds is 22. The molecule has 7 amide bonds. The summed E-state index contributed by atoms with van der Waals surface area (Å²) in [4.78, 5) is 99.3. The van der Waals surface area contributed by atoms with Gasteiger partial charge < -0.3 is 49.5 Å². The van der Waals surface area contributed by atoms with E-state index in [4.69, 9.17) is 18.9 Å². The van der Waals surface area contributed by atoms with Crippen molar-refractivity contribution in [1.82, 2.24) is 30.3 Å². The van der Waals surface area contributed by atoms with Crippen LogP contribution in [0.25, 0.3) is 10.9 Å². The average molecular weight is 973 g/mol. The third kappa shape index (κ3) is 11.3. The van der Waals surface area contributed by atoms with Crippen LogP contribution >= 0.6 is 0 Å². The van der Waals surface area contributed by atoms with Gasteiger partial charge in [0, 0.05) is 93.5 Å². The number of hydrogen-bond acceptors (Lipinski definition) is 14. The fourth-order valence-electron chi connectivity index (χ4n) is 8.83. The van der Waals surface area contributed by atoms with Gasteiger partial charge in [-0.2, -0.15) is 0 Å². The predicted octanol–water partition coefficient (Wildman–Crippen LogP) is 1.57. The molecular formula is C48H54F2N8O12. The Labute approximate surface area is 400 Å². The minimum atomic E-state index is -2.36. The lowest BCUT2D eigenvalue weighted by atomic mass is 10.0. The molecular weight excluding hydrogens is 919 g/mol. The molecule has 3 aromatic carbocycles. The molecule has 22 heteroatoms. The molecule has 0 saturated carbocycles. The Balaban J connectivity index is 0.651. The summed E-state index contributed by atoms with van der Waals surface area (Å²) in [6.45, 7) is 6.30. The molecule has 3 saturated heterocycles. The number of piperidine rings is 1. The zero-order chi connectivity index (χ0) is 49.4. The summed E-state index contributed by atoms with van der Waals surface area (Å²) in [6.07, 6.45) is -0.0577. The van der Waals surface area contributed by atoms with E-state index in [2.05, 4.69) is 25.8 Å². The molecule has 1 unspecified atom stereocenters. The Kier molecular flexibility index (Phi) is 15.9. The lowest BCUT2D eigenvalue weighted by molar-refractivity contribution is -0.149. The highest BCUT2D eigenvalue weighted by atomic mass is 19.1. The van der Waals surface area contributed by atoms with E-state index in [1.807, 2.05) is 0 Å². The summed E-state index contributed by atoms with van der Waals surface area (Å²) < 4.78 is 49.7. The summed E-state index contributed by atoms with van der Waals surface area (Å²) in [5.74, 6) is -5.83. The normalized spacial score (nSPS) is 19.6. The number of piperazine rings is 1. The predicted molar refractivity (Wildman–Crippen MR) is 246 cm³/mol. The number of fused-ring (bicyclic) bond motifs is 2. The van der Waals surface area contributed by atoms with Gasteiger partial charge in [0.2, 0.25) is 17.4 Å². The van der Waals surface area contributed by atoms with E-state index >= 15 is 0 Å². The summed E-state index contributed by atoms with van der Waals surface area (Å²) in [5.41, 5.74) is 0.120. The highest BCUT2D eigenvalue weighted by Gasteiger charge is 2.52. The van der Waals surface area contributed by atoms with Gasteiger partial charge in [-0.3, -0.25) is 48.7 Å². The zero-order valence-corrected chi connectivity index (χ0v) is 38.3. The molecule has 5 heterocycles. The van der Waals surface area contributed by atoms with E-state index < -0.39 is 58.7 Å². The number of aliphatic hydroxyl groups is 1. The number of amides is 7. The highest BCUT2D eigenvalue weighted by Crippen LogP contribution is 2.33. The van der Waals surface area contributed by atoms with Gasteiger partial charge in [-0.05, 0) is 60.5 Å². The topological polar surface area (TPSA) is 241 Å². The molecule has 0 spiro atoms. The Bertz CT molecular complexity index is 2620. The number of aromatic amines is 1. The fourth-order valence-corrected chi connectivity index (χ4v) is 8.83. The van der Waals surface area contributed by atoms with Crippen molar-refractivity contribution in [1.29, 1.82) is 0 Å². The van der Waals surface area contributed by atoms with E-state index in [-0.39, 0.29) is 54.9 Å². The number of nitrogens with one attached hydrogen (secondary N) is 4. The zero-order valence-electron chi connectivity index (χ0n) is 38.3. The number of carbonyl (C=O) groups excluding carboxylic acids is 7. The Hall–Kier alpha value is -6.69. The van der Waals surface area contributed by atoms with Gasteiger partial charge in [0.15, 0.2) is 0 Å². The van der Waals surface area contributed by atoms with Crippen molar-refractivity contribution in [2.24, 2.45) is 0 Å². The summed E-state index contributed by atoms with van der Waals surface area (Å²) in [7, 11) is 0. The second kappa shape index (κ2) is 22.4. The highest BCUT2D eigenvalue weighted by molar-refractivity contribution is 6.25. The van der Waals surface area contributed by atoms with Gasteiger partial charge in [0.25, 0.3) is 29.5 Å². The standard InChI is InChI=1S/C48H54F2N8O12/c49-32-24-30(25-33(50)28-32)29-52-46(64)48(66)8-10-57(47(48)65)34-4-5-36-31(26-34)27-38(53-36)44(62)56-13-11-55(12-14-56)15-17-68-19-21-70-23-22-69-20-18-67-16-9-51-37-3-1-2-35-41(37)45(63)58(43(35)61)39-6-7-40(59)54-42(39)60/h1-5,24-28,39,51,53,66H,6-23,29H2,(H,52,64)(H,54,59,60)/t39?,48-/m0/s1. The molecule has 0 radical (unpaired) electrons. The second-order valence-electron chi connectivity index (χ2n) is 17.2. The van der Waals surface area contributed by atoms with Crippen LogP contribution in [0.1, 0.15) is 56.0 Å². The number of hydrogen-bond donors (Lipinski definition) is 5. The van der Waals surface area contributed by atoms with E-state index in [9.17, 15) is 47.4 Å². The minimum absolute atomic E-state index is 0.0465. The molecule has 372 valence electrons. The number of imide groups is 2. The van der Waals surface area contributed by atoms with Crippen LogP contribution in [0.15, 0.2) is 60.7 Å². The number of carbonyl (C=O) groups is 7. The van der Waals surface area contributed by atoms with E-state index in [1.165, 1.54) is 11.0 Å². The maximum absolute atomic E-state index is 13.6. The number of H-pyrrole nitrogens is 1. The average Bonchev–Trinajstić information content (AvgIpc) is 3.99. The molecule has 4 aliphatic heterocycles. The second-order valence-corrected chi connectivity index (χ2v) is 17.2. The molecule has 4 aliphatic rings. The Morgan fingerprint density at radius 3 is 2.17 bits per heavy atom. The maximum atomic E-state index is 13.6. The number of anilines is 2. The molecule has 70 heavy (non-hydrogen) atoms. The fraction of sp³-hybridized carbons (Fsp3) is 0.438. The molecule has 5 N–H and O–H groups in total. The van der Waals surface area contributed by atoms with Gasteiger partial charge in [0.1, 0.15) is 23.4 Å². The van der Waals surface area contributed by atoms with Gasteiger partial charge >= 0.3 is 0 Å². The first-order chi connectivity index (χ1) is 33.8. The van der Waals surface area contributed by atoms with E-state index in [0.717, 1.165) is 17.0 Å². The number of nitrogens with zero attached hydrogens (tertiary/aromatic N) is 4. The van der Waals surface area contributed by atoms with E-state index in [0.29, 0.717) is 126 Å². The molecule has 4 aromatic rings. The first-order valence-corrected chi connectivity index (χ1v) is 23.1. The van der Waals surface area contributed by atoms with Crippen molar-refractivity contribution in [3.63, 3.8) is 0 Å². The van der Waals surface area contributed by atoms with Crippen molar-refractivity contribution in [2.45, 2.75) is 37.5 Å². The lowest BCUT2D eigenvalue weighted by Gasteiger charge is -2.34. The maximum Gasteiger partial charge on any atom is 0.270 e. The van der Waals surface area contributed by atoms with Crippen LogP contribution in [0.5, 0.6) is 0 Å². The van der Waals surface area contributed by atoms with Gasteiger partial charge in [0.05, 0.1) is 64.0 Å². The Morgan fingerprint density at radius 1 is 0.786 bits per heavy atom. The number of ether oxygens (including phenoxy) is 4. The molecule has 0 aliphatic carbocycles. The molecule has 8 rings (SSSR count). The van der Waals surface area contributed by atoms with Crippen LogP contribution in [0.2, 0.25) is 0 Å². The third-order valence-electron chi connectivity index (χ3n) is 12.6. The monoisotopic (exact) mass is 972 g/mol. The molecule has 0 bridgehead atoms. The summed E-state index contributed by atoms with van der Waals surface area (Å²) >= 11 is 0. The van der Waals surface area contributed by atoms with Crippen LogP contribution in [0, 0.1) is 11.6 Å². The number of halogens is 2.